The van der Waals surface area contributed by atoms with Crippen molar-refractivity contribution in [1.29, 1.82) is 0 Å². The van der Waals surface area contributed by atoms with Gasteiger partial charge < -0.3 is 5.32 Å². The van der Waals surface area contributed by atoms with Crippen LogP contribution in [0.5, 0.6) is 0 Å². The molecule has 0 aromatic carbocycles. The molecule has 0 bridgehead atoms. The van der Waals surface area contributed by atoms with Gasteiger partial charge in [0.15, 0.2) is 0 Å². The van der Waals surface area contributed by atoms with Crippen LogP contribution in [0, 0.1) is 19.8 Å². The van der Waals surface area contributed by atoms with Crippen molar-refractivity contribution in [3.05, 3.63) is 36.1 Å². The van der Waals surface area contributed by atoms with Gasteiger partial charge in [0, 0.05) is 25.7 Å². The molecule has 2 amide bonds. The molecule has 1 aliphatic rings. The molecule has 2 N–H and O–H groups in total. The zero-order valence-corrected chi connectivity index (χ0v) is 15.5. The van der Waals surface area contributed by atoms with E-state index in [1.165, 1.54) is 6.42 Å². The maximum Gasteiger partial charge on any atom is 0.320 e. The number of urea groups is 1. The summed E-state index contributed by atoms with van der Waals surface area (Å²) in [5.41, 5.74) is 0. The fraction of sp³-hybridized carbons (Fsp3) is 0.556. The average Bonchev–Trinajstić information content (AvgIpc) is 3.18. The van der Waals surface area contributed by atoms with Gasteiger partial charge in [-0.1, -0.05) is 12.2 Å². The summed E-state index contributed by atoms with van der Waals surface area (Å²) in [6.45, 7) is 5.95. The zero-order valence-electron chi connectivity index (χ0n) is 15.5. The van der Waals surface area contributed by atoms with Gasteiger partial charge in [0.05, 0.1) is 6.20 Å². The second-order valence-corrected chi connectivity index (χ2v) is 6.71. The van der Waals surface area contributed by atoms with E-state index in [1.807, 2.05) is 29.3 Å². The van der Waals surface area contributed by atoms with Gasteiger partial charge >= 0.3 is 6.03 Å². The molecule has 1 atom stereocenters. The van der Waals surface area contributed by atoms with Gasteiger partial charge in [0.25, 0.3) is 0 Å². The molecule has 26 heavy (non-hydrogen) atoms. The summed E-state index contributed by atoms with van der Waals surface area (Å²) in [7, 11) is 0. The summed E-state index contributed by atoms with van der Waals surface area (Å²) in [5, 5.41) is 14.4. The number of hydrogen-bond acceptors (Lipinski definition) is 4. The summed E-state index contributed by atoms with van der Waals surface area (Å²) in [4.78, 5) is 16.4. The van der Waals surface area contributed by atoms with Crippen molar-refractivity contribution in [2.45, 2.75) is 52.6 Å². The van der Waals surface area contributed by atoms with E-state index in [2.05, 4.69) is 38.0 Å². The van der Waals surface area contributed by atoms with Crippen LogP contribution >= 0.6 is 0 Å². The first-order valence-corrected chi connectivity index (χ1v) is 9.21. The molecule has 0 aliphatic heterocycles. The minimum Gasteiger partial charge on any atom is -0.338 e. The van der Waals surface area contributed by atoms with Crippen molar-refractivity contribution in [2.75, 3.05) is 11.9 Å². The third kappa shape index (κ3) is 4.93. The van der Waals surface area contributed by atoms with Gasteiger partial charge in [-0.25, -0.2) is 14.5 Å². The van der Waals surface area contributed by atoms with Gasteiger partial charge in [-0.2, -0.15) is 10.2 Å². The van der Waals surface area contributed by atoms with Crippen LogP contribution in [0.15, 0.2) is 24.4 Å². The smallest absolute Gasteiger partial charge is 0.320 e. The van der Waals surface area contributed by atoms with Crippen molar-refractivity contribution >= 4 is 11.8 Å². The van der Waals surface area contributed by atoms with Crippen molar-refractivity contribution in [2.24, 2.45) is 5.92 Å². The normalized spacial score (nSPS) is 16.6. The molecule has 2 aromatic heterocycles. The van der Waals surface area contributed by atoms with E-state index in [4.69, 9.17) is 0 Å². The van der Waals surface area contributed by atoms with Crippen LogP contribution in [-0.2, 0) is 13.1 Å². The highest BCUT2D eigenvalue weighted by atomic mass is 16.2. The lowest BCUT2D eigenvalue weighted by Crippen LogP contribution is -2.31. The highest BCUT2D eigenvalue weighted by Gasteiger charge is 2.14. The first kappa shape index (κ1) is 18.2. The summed E-state index contributed by atoms with van der Waals surface area (Å²) in [6, 6.07) is 1.63. The lowest BCUT2D eigenvalue weighted by atomic mass is 9.94. The van der Waals surface area contributed by atoms with E-state index in [0.717, 1.165) is 49.8 Å². The molecule has 0 saturated carbocycles. The Hall–Kier alpha value is -2.64. The molecule has 8 nitrogen and oxygen atoms in total. The zero-order chi connectivity index (χ0) is 18.4. The fourth-order valence-corrected chi connectivity index (χ4v) is 3.22. The number of allylic oxidation sites excluding steroid dienone is 2. The monoisotopic (exact) mass is 357 g/mol. The molecule has 8 heteroatoms. The maximum absolute atomic E-state index is 12.1. The standard InChI is InChI=1S/C18H27N7O/c1-14-21-15(2)24(23-14)12-6-10-19-18(26)22-17-9-11-20-25(17)13-16-7-4-3-5-8-16/h3-4,9,11,16H,5-8,10,12-13H2,1-2H3,(H2,19,22,26). The summed E-state index contributed by atoms with van der Waals surface area (Å²) in [5.74, 6) is 2.99. The van der Waals surface area contributed by atoms with Crippen LogP contribution in [-0.4, -0.2) is 37.1 Å². The number of nitrogens with one attached hydrogen (secondary N) is 2. The Morgan fingerprint density at radius 1 is 1.31 bits per heavy atom. The minimum absolute atomic E-state index is 0.207. The van der Waals surface area contributed by atoms with Crippen LogP contribution in [0.3, 0.4) is 0 Å². The predicted octanol–water partition coefficient (Wildman–Crippen LogP) is 2.66. The molecule has 0 spiro atoms. The molecule has 0 saturated heterocycles. The molecule has 2 heterocycles. The van der Waals surface area contributed by atoms with Crippen LogP contribution in [0.2, 0.25) is 0 Å². The second-order valence-electron chi connectivity index (χ2n) is 6.71. The number of nitrogens with zero attached hydrogens (tertiary/aromatic N) is 5. The maximum atomic E-state index is 12.1. The Morgan fingerprint density at radius 3 is 2.92 bits per heavy atom. The Labute approximate surface area is 153 Å². The number of hydrogen-bond donors (Lipinski definition) is 2. The Balaban J connectivity index is 1.41. The minimum atomic E-state index is -0.207. The van der Waals surface area contributed by atoms with E-state index < -0.39 is 0 Å². The molecule has 1 unspecified atom stereocenters. The predicted molar refractivity (Wildman–Crippen MR) is 99.8 cm³/mol. The average molecular weight is 357 g/mol. The first-order chi connectivity index (χ1) is 12.6. The van der Waals surface area contributed by atoms with Gasteiger partial charge in [0.1, 0.15) is 17.5 Å². The molecule has 1 aliphatic carbocycles. The van der Waals surface area contributed by atoms with E-state index in [0.29, 0.717) is 12.5 Å². The van der Waals surface area contributed by atoms with Gasteiger partial charge in [-0.05, 0) is 45.4 Å². The summed E-state index contributed by atoms with van der Waals surface area (Å²) >= 11 is 0. The lowest BCUT2D eigenvalue weighted by molar-refractivity contribution is 0.251. The van der Waals surface area contributed by atoms with Crippen molar-refractivity contribution < 1.29 is 4.79 Å². The van der Waals surface area contributed by atoms with Gasteiger partial charge in [-0.3, -0.25) is 10.00 Å². The fourth-order valence-electron chi connectivity index (χ4n) is 3.22. The SMILES string of the molecule is Cc1nc(C)n(CCCNC(=O)Nc2ccnn2CC2CC=CCC2)n1. The molecule has 2 aromatic rings. The molecule has 3 rings (SSSR count). The number of carbonyl (C=O) groups is 1. The van der Waals surface area contributed by atoms with Crippen molar-refractivity contribution in [3.63, 3.8) is 0 Å². The molecule has 0 fully saturated rings. The van der Waals surface area contributed by atoms with E-state index in [9.17, 15) is 4.79 Å². The molecular formula is C18H27N7O. The third-order valence-electron chi connectivity index (χ3n) is 4.56. The van der Waals surface area contributed by atoms with Gasteiger partial charge in [0.2, 0.25) is 0 Å². The van der Waals surface area contributed by atoms with E-state index >= 15 is 0 Å². The number of aryl methyl sites for hydroxylation is 3. The van der Waals surface area contributed by atoms with Crippen LogP contribution in [0.1, 0.15) is 37.3 Å². The Morgan fingerprint density at radius 2 is 2.19 bits per heavy atom. The topological polar surface area (TPSA) is 89.7 Å². The van der Waals surface area contributed by atoms with E-state index in [1.54, 1.807) is 6.20 Å². The first-order valence-electron chi connectivity index (χ1n) is 9.21. The highest BCUT2D eigenvalue weighted by Crippen LogP contribution is 2.21. The number of rotatable bonds is 7. The number of carbonyl (C=O) groups excluding carboxylic acids is 1. The van der Waals surface area contributed by atoms with Crippen molar-refractivity contribution in [3.8, 4) is 0 Å². The molecule has 140 valence electrons. The Bertz CT molecular complexity index is 761. The number of aromatic nitrogens is 5. The number of amides is 2. The van der Waals surface area contributed by atoms with Crippen LogP contribution < -0.4 is 10.6 Å². The summed E-state index contributed by atoms with van der Waals surface area (Å²) in [6.07, 6.45) is 10.4. The Kier molecular flexibility index (Phi) is 6.04. The molecular weight excluding hydrogens is 330 g/mol. The highest BCUT2D eigenvalue weighted by molar-refractivity contribution is 5.88. The largest absolute Gasteiger partial charge is 0.338 e. The number of anilines is 1. The van der Waals surface area contributed by atoms with Crippen LogP contribution in [0.4, 0.5) is 10.6 Å². The molecule has 0 radical (unpaired) electrons. The van der Waals surface area contributed by atoms with E-state index in [-0.39, 0.29) is 6.03 Å². The van der Waals surface area contributed by atoms with Crippen molar-refractivity contribution in [1.82, 2.24) is 29.9 Å². The van der Waals surface area contributed by atoms with Gasteiger partial charge in [-0.15, -0.1) is 0 Å². The lowest BCUT2D eigenvalue weighted by Gasteiger charge is -2.19. The summed E-state index contributed by atoms with van der Waals surface area (Å²) < 4.78 is 3.74. The second kappa shape index (κ2) is 8.64. The van der Waals surface area contributed by atoms with Crippen LogP contribution in [0.25, 0.3) is 0 Å². The quantitative estimate of drug-likeness (QED) is 0.589. The third-order valence-corrected chi connectivity index (χ3v) is 4.56.